The molecular formula is C12H19NO2PS+. The molecule has 2 atom stereocenters. The van der Waals surface area contributed by atoms with Gasteiger partial charge in [-0.15, -0.1) is 0 Å². The second kappa shape index (κ2) is 6.61. The molecule has 0 fully saturated rings. The molecule has 0 saturated heterocycles. The summed E-state index contributed by atoms with van der Waals surface area (Å²) in [7, 11) is 0.968. The normalized spacial score (nSPS) is 22.6. The Balaban J connectivity index is 2.56. The molecule has 0 radical (unpaired) electrons. The Labute approximate surface area is 108 Å². The van der Waals surface area contributed by atoms with Crippen LogP contribution in [0.3, 0.4) is 0 Å². The summed E-state index contributed by atoms with van der Waals surface area (Å²) >= 11 is -1.20. The molecule has 1 unspecified atom stereocenters. The van der Waals surface area contributed by atoms with Gasteiger partial charge in [-0.3, -0.25) is 0 Å². The van der Waals surface area contributed by atoms with Crippen LogP contribution < -0.4 is 0 Å². The van der Waals surface area contributed by atoms with E-state index in [1.165, 1.54) is 0 Å². The standard InChI is InChI=1S/C12H19NO2PS/c1-5-16-11-8-6-7-10(15-11)9-13-17(14)12(2,3)4/h8-10H,6-7H2,1-4H3/q+1/t10-,17?/m0/s1. The molecule has 0 amide bonds. The number of hydrogen-bond donors (Lipinski definition) is 0. The fraction of sp³-hybridized carbons (Fsp3) is 0.667. The van der Waals surface area contributed by atoms with E-state index in [2.05, 4.69) is 16.1 Å². The van der Waals surface area contributed by atoms with E-state index < -0.39 is 11.4 Å². The summed E-state index contributed by atoms with van der Waals surface area (Å²) < 4.78 is 21.2. The summed E-state index contributed by atoms with van der Waals surface area (Å²) in [6.07, 6.45) is 5.57. The van der Waals surface area contributed by atoms with Crippen LogP contribution in [0, 0.1) is 5.63 Å². The number of allylic oxidation sites excluding steroid dienone is 1. The average molecular weight is 272 g/mol. The van der Waals surface area contributed by atoms with Crippen LogP contribution in [0.4, 0.5) is 0 Å². The van der Waals surface area contributed by atoms with Crippen molar-refractivity contribution >= 4 is 25.6 Å². The van der Waals surface area contributed by atoms with Crippen LogP contribution in [0.15, 0.2) is 16.0 Å². The maximum absolute atomic E-state index is 11.7. The summed E-state index contributed by atoms with van der Waals surface area (Å²) in [6.45, 7) is 7.60. The third-order valence-corrected chi connectivity index (χ3v) is 4.20. The van der Waals surface area contributed by atoms with Crippen molar-refractivity contribution in [2.75, 3.05) is 0 Å². The molecule has 0 saturated carbocycles. The molecule has 3 nitrogen and oxygen atoms in total. The number of nitrogens with zero attached hydrogens (tertiary/aromatic N) is 1. The zero-order valence-electron chi connectivity index (χ0n) is 10.8. The molecule has 1 aliphatic rings. The second-order valence-corrected chi connectivity index (χ2v) is 7.77. The van der Waals surface area contributed by atoms with Crippen molar-refractivity contribution in [1.29, 1.82) is 0 Å². The first-order valence-electron chi connectivity index (χ1n) is 5.64. The predicted molar refractivity (Wildman–Crippen MR) is 75.1 cm³/mol. The summed E-state index contributed by atoms with van der Waals surface area (Å²) in [6, 6.07) is 0. The van der Waals surface area contributed by atoms with Gasteiger partial charge in [0.25, 0.3) is 0 Å². The topological polar surface area (TPSA) is 44.7 Å². The van der Waals surface area contributed by atoms with Gasteiger partial charge in [0.05, 0.1) is 0 Å². The third-order valence-electron chi connectivity index (χ3n) is 2.11. The molecule has 0 aromatic rings. The van der Waals surface area contributed by atoms with Crippen LogP contribution in [0.25, 0.3) is 0 Å². The molecule has 0 bridgehead atoms. The molecule has 0 N–H and O–H groups in total. The number of rotatable bonds is 2. The number of hydrogen-bond acceptors (Lipinski definition) is 3. The molecule has 1 heterocycles. The summed E-state index contributed by atoms with van der Waals surface area (Å²) in [5.74, 6) is 0. The van der Waals surface area contributed by atoms with Gasteiger partial charge in [0, 0.05) is 0 Å². The zero-order chi connectivity index (χ0) is 12.9. The van der Waals surface area contributed by atoms with E-state index in [4.69, 9.17) is 4.74 Å². The summed E-state index contributed by atoms with van der Waals surface area (Å²) in [5, 5.41) is 0. The van der Waals surface area contributed by atoms with E-state index >= 15 is 0 Å². The molecule has 0 aromatic heterocycles. The Bertz CT molecular complexity index is 376. The first-order valence-corrected chi connectivity index (χ1v) is 7.64. The average Bonchev–Trinajstić information content (AvgIpc) is 2.25. The molecule has 1 aliphatic heterocycles. The first-order chi connectivity index (χ1) is 7.93. The van der Waals surface area contributed by atoms with Gasteiger partial charge in [-0.05, 0) is 0 Å². The van der Waals surface area contributed by atoms with Crippen LogP contribution in [0.1, 0.15) is 40.5 Å². The molecule has 0 aliphatic carbocycles. The van der Waals surface area contributed by atoms with E-state index in [0.717, 1.165) is 26.4 Å². The van der Waals surface area contributed by atoms with Gasteiger partial charge in [0.1, 0.15) is 0 Å². The maximum atomic E-state index is 11.7. The van der Waals surface area contributed by atoms with Crippen molar-refractivity contribution in [2.45, 2.75) is 51.4 Å². The van der Waals surface area contributed by atoms with E-state index in [-0.39, 0.29) is 10.9 Å². The van der Waals surface area contributed by atoms with Crippen molar-refractivity contribution in [3.8, 4) is 5.63 Å². The molecule has 94 valence electrons. The van der Waals surface area contributed by atoms with E-state index in [0.29, 0.717) is 0 Å². The second-order valence-electron chi connectivity index (χ2n) is 4.73. The minimum absolute atomic E-state index is 0.0536. The van der Waals surface area contributed by atoms with Crippen molar-refractivity contribution in [3.05, 3.63) is 11.6 Å². The van der Waals surface area contributed by atoms with Crippen molar-refractivity contribution in [2.24, 2.45) is 4.40 Å². The Morgan fingerprint density at radius 3 is 2.94 bits per heavy atom. The van der Waals surface area contributed by atoms with Gasteiger partial charge < -0.3 is 0 Å². The predicted octanol–water partition coefficient (Wildman–Crippen LogP) is 3.47. The van der Waals surface area contributed by atoms with Crippen LogP contribution in [0.5, 0.6) is 0 Å². The minimum atomic E-state index is -1.20. The van der Waals surface area contributed by atoms with Gasteiger partial charge in [-0.25, -0.2) is 0 Å². The van der Waals surface area contributed by atoms with Crippen molar-refractivity contribution < 1.29 is 9.29 Å². The number of ether oxygens (including phenoxy) is 1. The summed E-state index contributed by atoms with van der Waals surface area (Å²) in [4.78, 5) is 0. The van der Waals surface area contributed by atoms with E-state index in [1.807, 2.05) is 27.7 Å². The van der Waals surface area contributed by atoms with Crippen LogP contribution >= 0.6 is 8.04 Å². The first kappa shape index (κ1) is 14.8. The van der Waals surface area contributed by atoms with Gasteiger partial charge in [-0.1, -0.05) is 0 Å². The molecule has 0 aromatic carbocycles. The SMILES string of the molecule is CC#[P+]C1=CCC[C@@H](C=N[S+]([O-])C(C)(C)C)O1. The van der Waals surface area contributed by atoms with Crippen molar-refractivity contribution in [3.63, 3.8) is 0 Å². The molecule has 17 heavy (non-hydrogen) atoms. The van der Waals surface area contributed by atoms with Gasteiger partial charge in [0.2, 0.25) is 0 Å². The van der Waals surface area contributed by atoms with Gasteiger partial charge >= 0.3 is 108 Å². The zero-order valence-corrected chi connectivity index (χ0v) is 12.5. The monoisotopic (exact) mass is 272 g/mol. The van der Waals surface area contributed by atoms with E-state index in [1.54, 1.807) is 6.21 Å². The Hall–Kier alpha value is -0.270. The molecule has 1 rings (SSSR count). The van der Waals surface area contributed by atoms with Crippen molar-refractivity contribution in [1.82, 2.24) is 0 Å². The fourth-order valence-corrected chi connectivity index (χ4v) is 2.39. The van der Waals surface area contributed by atoms with Crippen LogP contribution in [-0.4, -0.2) is 21.6 Å². The Morgan fingerprint density at radius 1 is 1.65 bits per heavy atom. The fourth-order valence-electron chi connectivity index (χ4n) is 1.20. The van der Waals surface area contributed by atoms with Gasteiger partial charge in [-0.2, -0.15) is 0 Å². The molecule has 5 heteroatoms. The third kappa shape index (κ3) is 5.27. The van der Waals surface area contributed by atoms with Crippen LogP contribution in [0.2, 0.25) is 0 Å². The Morgan fingerprint density at radius 2 is 2.35 bits per heavy atom. The van der Waals surface area contributed by atoms with Crippen LogP contribution in [-0.2, 0) is 16.1 Å². The quantitative estimate of drug-likeness (QED) is 0.439. The molecular weight excluding hydrogens is 253 g/mol. The molecule has 0 spiro atoms. The van der Waals surface area contributed by atoms with Gasteiger partial charge in [0.15, 0.2) is 0 Å². The Kier molecular flexibility index (Phi) is 5.75. The summed E-state index contributed by atoms with van der Waals surface area (Å²) in [5.41, 5.74) is 3.94. The van der Waals surface area contributed by atoms with E-state index in [9.17, 15) is 4.55 Å².